The molecule has 102 valence electrons. The van der Waals surface area contributed by atoms with Gasteiger partial charge in [0.25, 0.3) is 0 Å². The van der Waals surface area contributed by atoms with E-state index in [1.807, 2.05) is 13.8 Å². The van der Waals surface area contributed by atoms with E-state index in [1.165, 1.54) is 7.11 Å². The molecule has 2 N–H and O–H groups in total. The average Bonchev–Trinajstić information content (AvgIpc) is 2.28. The van der Waals surface area contributed by atoms with Crippen LogP contribution in [0.2, 0.25) is 0 Å². The van der Waals surface area contributed by atoms with Crippen molar-refractivity contribution in [2.75, 3.05) is 13.7 Å². The second-order valence-corrected chi connectivity index (χ2v) is 4.24. The van der Waals surface area contributed by atoms with E-state index >= 15 is 0 Å². The van der Waals surface area contributed by atoms with E-state index < -0.39 is 17.8 Å². The van der Waals surface area contributed by atoms with Crippen molar-refractivity contribution >= 4 is 0 Å². The van der Waals surface area contributed by atoms with Crippen molar-refractivity contribution in [3.63, 3.8) is 0 Å². The lowest BCUT2D eigenvalue weighted by Crippen LogP contribution is -2.23. The molecule has 0 bridgehead atoms. The van der Waals surface area contributed by atoms with Gasteiger partial charge in [0.2, 0.25) is 0 Å². The Hall–Kier alpha value is -1.37. The summed E-state index contributed by atoms with van der Waals surface area (Å²) >= 11 is 0. The molecule has 0 saturated heterocycles. The standard InChI is InChI=1S/C11H16F3N3O/c1-6(2)7(4-15)8-5-16-10(18-3)17-9(8)11(12,13)14/h5-7H,4,15H2,1-3H3. The molecule has 0 fully saturated rings. The summed E-state index contributed by atoms with van der Waals surface area (Å²) in [5.74, 6) is -0.472. The second kappa shape index (κ2) is 5.51. The molecule has 0 aliphatic carbocycles. The molecule has 4 nitrogen and oxygen atoms in total. The molecule has 0 spiro atoms. The van der Waals surface area contributed by atoms with Crippen molar-refractivity contribution in [2.45, 2.75) is 25.9 Å². The van der Waals surface area contributed by atoms with E-state index in [1.54, 1.807) is 0 Å². The lowest BCUT2D eigenvalue weighted by atomic mass is 9.88. The molecule has 0 aromatic carbocycles. The van der Waals surface area contributed by atoms with Crippen molar-refractivity contribution in [3.8, 4) is 6.01 Å². The van der Waals surface area contributed by atoms with Crippen LogP contribution in [0, 0.1) is 5.92 Å². The summed E-state index contributed by atoms with van der Waals surface area (Å²) in [6.45, 7) is 3.72. The van der Waals surface area contributed by atoms with E-state index in [2.05, 4.69) is 14.7 Å². The predicted molar refractivity (Wildman–Crippen MR) is 60.2 cm³/mol. The highest BCUT2D eigenvalue weighted by molar-refractivity contribution is 5.27. The number of hydrogen-bond donors (Lipinski definition) is 1. The Bertz CT molecular complexity index is 407. The van der Waals surface area contributed by atoms with Crippen LogP contribution in [0.25, 0.3) is 0 Å². The highest BCUT2D eigenvalue weighted by Gasteiger charge is 2.38. The fraction of sp³-hybridized carbons (Fsp3) is 0.636. The Morgan fingerprint density at radius 3 is 2.39 bits per heavy atom. The van der Waals surface area contributed by atoms with Crippen LogP contribution in [-0.2, 0) is 6.18 Å². The zero-order valence-electron chi connectivity index (χ0n) is 10.5. The van der Waals surface area contributed by atoms with Gasteiger partial charge in [-0.3, -0.25) is 0 Å². The average molecular weight is 263 g/mol. The van der Waals surface area contributed by atoms with E-state index in [4.69, 9.17) is 5.73 Å². The van der Waals surface area contributed by atoms with Gasteiger partial charge in [-0.05, 0) is 12.5 Å². The predicted octanol–water partition coefficient (Wildman–Crippen LogP) is 2.20. The van der Waals surface area contributed by atoms with Crippen molar-refractivity contribution in [1.29, 1.82) is 0 Å². The smallest absolute Gasteiger partial charge is 0.433 e. The Morgan fingerprint density at radius 1 is 1.39 bits per heavy atom. The first kappa shape index (κ1) is 14.7. The van der Waals surface area contributed by atoms with Crippen LogP contribution >= 0.6 is 0 Å². The monoisotopic (exact) mass is 263 g/mol. The van der Waals surface area contributed by atoms with Crippen LogP contribution in [-0.4, -0.2) is 23.6 Å². The van der Waals surface area contributed by atoms with E-state index in [0.717, 1.165) is 6.20 Å². The molecule has 1 unspecified atom stereocenters. The number of nitrogens with zero attached hydrogens (tertiary/aromatic N) is 2. The number of aromatic nitrogens is 2. The number of nitrogens with two attached hydrogens (primary N) is 1. The Kier molecular flexibility index (Phi) is 4.50. The molecule has 0 amide bonds. The molecule has 1 aromatic heterocycles. The summed E-state index contributed by atoms with van der Waals surface area (Å²) in [5.41, 5.74) is 4.58. The minimum absolute atomic E-state index is 0.0146. The normalized spacial score (nSPS) is 13.8. The number of ether oxygens (including phenoxy) is 1. The topological polar surface area (TPSA) is 61.0 Å². The van der Waals surface area contributed by atoms with Crippen LogP contribution in [0.4, 0.5) is 13.2 Å². The molecule has 0 aliphatic rings. The first-order chi connectivity index (χ1) is 8.31. The molecule has 7 heteroatoms. The molecular formula is C11H16F3N3O. The van der Waals surface area contributed by atoms with E-state index in [0.29, 0.717) is 0 Å². The maximum Gasteiger partial charge on any atom is 0.433 e. The van der Waals surface area contributed by atoms with Crippen LogP contribution in [0.1, 0.15) is 31.0 Å². The molecule has 1 rings (SSSR count). The van der Waals surface area contributed by atoms with Crippen molar-refractivity contribution in [3.05, 3.63) is 17.5 Å². The molecule has 0 aliphatic heterocycles. The number of methoxy groups -OCH3 is 1. The van der Waals surface area contributed by atoms with Crippen molar-refractivity contribution in [2.24, 2.45) is 11.7 Å². The summed E-state index contributed by atoms with van der Waals surface area (Å²) < 4.78 is 43.4. The van der Waals surface area contributed by atoms with Gasteiger partial charge in [0.05, 0.1) is 7.11 Å². The molecule has 1 heterocycles. The van der Waals surface area contributed by atoms with Gasteiger partial charge in [0, 0.05) is 17.7 Å². The van der Waals surface area contributed by atoms with Gasteiger partial charge < -0.3 is 10.5 Å². The van der Waals surface area contributed by atoms with Gasteiger partial charge in [-0.25, -0.2) is 4.98 Å². The Labute approximate surface area is 103 Å². The molecule has 0 radical (unpaired) electrons. The first-order valence-electron chi connectivity index (χ1n) is 5.49. The van der Waals surface area contributed by atoms with Gasteiger partial charge in [-0.1, -0.05) is 13.8 Å². The van der Waals surface area contributed by atoms with Crippen molar-refractivity contribution < 1.29 is 17.9 Å². The molecule has 18 heavy (non-hydrogen) atoms. The Balaban J connectivity index is 3.34. The second-order valence-electron chi connectivity index (χ2n) is 4.24. The zero-order valence-corrected chi connectivity index (χ0v) is 10.5. The molecule has 0 saturated carbocycles. The minimum atomic E-state index is -4.55. The molecule has 1 aromatic rings. The number of alkyl halides is 3. The largest absolute Gasteiger partial charge is 0.467 e. The third-order valence-corrected chi connectivity index (χ3v) is 2.70. The summed E-state index contributed by atoms with van der Waals surface area (Å²) in [4.78, 5) is 7.13. The summed E-state index contributed by atoms with van der Waals surface area (Å²) in [6, 6.07) is -0.300. The van der Waals surface area contributed by atoms with E-state index in [9.17, 15) is 13.2 Å². The molecule has 1 atom stereocenters. The van der Waals surface area contributed by atoms with Crippen LogP contribution < -0.4 is 10.5 Å². The lowest BCUT2D eigenvalue weighted by Gasteiger charge is -2.22. The fourth-order valence-electron chi connectivity index (χ4n) is 1.73. The number of hydrogen-bond acceptors (Lipinski definition) is 4. The highest BCUT2D eigenvalue weighted by Crippen LogP contribution is 2.36. The quantitative estimate of drug-likeness (QED) is 0.904. The summed E-state index contributed by atoms with van der Waals surface area (Å²) in [5, 5.41) is 0. The van der Waals surface area contributed by atoms with Crippen LogP contribution in [0.5, 0.6) is 6.01 Å². The summed E-state index contributed by atoms with van der Waals surface area (Å²) in [6.07, 6.45) is -3.40. The highest BCUT2D eigenvalue weighted by atomic mass is 19.4. The molecular weight excluding hydrogens is 247 g/mol. The van der Waals surface area contributed by atoms with Gasteiger partial charge in [-0.15, -0.1) is 0 Å². The maximum absolute atomic E-state index is 12.9. The first-order valence-corrected chi connectivity index (χ1v) is 5.49. The zero-order chi connectivity index (χ0) is 13.9. The fourth-order valence-corrected chi connectivity index (χ4v) is 1.73. The van der Waals surface area contributed by atoms with Crippen LogP contribution in [0.15, 0.2) is 6.20 Å². The maximum atomic E-state index is 12.9. The van der Waals surface area contributed by atoms with Crippen molar-refractivity contribution in [1.82, 2.24) is 9.97 Å². The SMILES string of the molecule is COc1ncc(C(CN)C(C)C)c(C(F)(F)F)n1. The minimum Gasteiger partial charge on any atom is -0.467 e. The third kappa shape index (κ3) is 3.10. The van der Waals surface area contributed by atoms with Gasteiger partial charge >= 0.3 is 12.2 Å². The third-order valence-electron chi connectivity index (χ3n) is 2.70. The van der Waals surface area contributed by atoms with Crippen LogP contribution in [0.3, 0.4) is 0 Å². The van der Waals surface area contributed by atoms with Gasteiger partial charge in [0.1, 0.15) is 0 Å². The van der Waals surface area contributed by atoms with Gasteiger partial charge in [0.15, 0.2) is 5.69 Å². The Morgan fingerprint density at radius 2 is 2.00 bits per heavy atom. The number of rotatable bonds is 4. The van der Waals surface area contributed by atoms with Gasteiger partial charge in [-0.2, -0.15) is 18.2 Å². The van der Waals surface area contributed by atoms with E-state index in [-0.39, 0.29) is 24.0 Å². The number of halogens is 3. The summed E-state index contributed by atoms with van der Waals surface area (Å²) in [7, 11) is 1.22. The lowest BCUT2D eigenvalue weighted by molar-refractivity contribution is -0.142.